The fourth-order valence-electron chi connectivity index (χ4n) is 1.53. The van der Waals surface area contributed by atoms with Crippen molar-refractivity contribution < 1.29 is 14.3 Å². The number of benzene rings is 2. The zero-order chi connectivity index (χ0) is 14.0. The second kappa shape index (κ2) is 5.16. The molecule has 2 aromatic rings. The van der Waals surface area contributed by atoms with Crippen LogP contribution in [0.3, 0.4) is 0 Å². The molecule has 0 fully saturated rings. The topological polar surface area (TPSA) is 75.3 Å². The zero-order valence-corrected chi connectivity index (χ0v) is 10.4. The van der Waals surface area contributed by atoms with Crippen LogP contribution in [0.15, 0.2) is 36.4 Å². The smallest absolute Gasteiger partial charge is 0.258 e. The van der Waals surface area contributed by atoms with E-state index in [0.717, 1.165) is 0 Å². The van der Waals surface area contributed by atoms with Crippen molar-refractivity contribution in [3.63, 3.8) is 0 Å². The van der Waals surface area contributed by atoms with E-state index in [-0.39, 0.29) is 27.7 Å². The molecule has 0 saturated carbocycles. The lowest BCUT2D eigenvalue weighted by atomic mass is 10.2. The predicted molar refractivity (Wildman–Crippen MR) is 71.9 cm³/mol. The number of phenolic OH excluding ortho intramolecular Hbond substituents is 1. The van der Waals surface area contributed by atoms with Crippen LogP contribution in [0.5, 0.6) is 5.75 Å². The lowest BCUT2D eigenvalue weighted by Gasteiger charge is -2.09. The summed E-state index contributed by atoms with van der Waals surface area (Å²) in [5, 5.41) is 11.5. The molecule has 0 aliphatic heterocycles. The number of nitrogen functional groups attached to an aromatic ring is 1. The Morgan fingerprint density at radius 1 is 1.32 bits per heavy atom. The minimum absolute atomic E-state index is 0.0237. The second-order valence-electron chi connectivity index (χ2n) is 3.83. The Morgan fingerprint density at radius 2 is 2.05 bits per heavy atom. The number of aromatic hydroxyl groups is 1. The van der Waals surface area contributed by atoms with Crippen LogP contribution in [0.4, 0.5) is 15.8 Å². The minimum atomic E-state index is -0.793. The van der Waals surface area contributed by atoms with Crippen LogP contribution < -0.4 is 11.1 Å². The quantitative estimate of drug-likeness (QED) is 0.585. The molecule has 98 valence electrons. The van der Waals surface area contributed by atoms with Gasteiger partial charge in [-0.05, 0) is 24.3 Å². The third-order valence-corrected chi connectivity index (χ3v) is 2.77. The van der Waals surface area contributed by atoms with Crippen molar-refractivity contribution in [2.75, 3.05) is 11.1 Å². The van der Waals surface area contributed by atoms with Crippen LogP contribution in [0, 0.1) is 5.82 Å². The van der Waals surface area contributed by atoms with E-state index in [2.05, 4.69) is 5.32 Å². The maximum Gasteiger partial charge on any atom is 0.258 e. The second-order valence-corrected chi connectivity index (χ2v) is 4.23. The summed E-state index contributed by atoms with van der Waals surface area (Å²) in [6.07, 6.45) is 0. The number of halogens is 2. The number of rotatable bonds is 2. The van der Waals surface area contributed by atoms with Gasteiger partial charge in [-0.2, -0.15) is 0 Å². The van der Waals surface area contributed by atoms with E-state index in [4.69, 9.17) is 17.3 Å². The average Bonchev–Trinajstić information content (AvgIpc) is 2.36. The zero-order valence-electron chi connectivity index (χ0n) is 9.65. The fraction of sp³-hybridized carbons (Fsp3) is 0. The first-order valence-corrected chi connectivity index (χ1v) is 5.70. The summed E-state index contributed by atoms with van der Waals surface area (Å²) < 4.78 is 13.7. The van der Waals surface area contributed by atoms with Crippen LogP contribution in [0.25, 0.3) is 0 Å². The first kappa shape index (κ1) is 13.2. The van der Waals surface area contributed by atoms with E-state index in [0.29, 0.717) is 0 Å². The number of carbonyl (C=O) groups excluding carboxylic acids is 1. The molecule has 4 nitrogen and oxygen atoms in total. The molecule has 0 aromatic heterocycles. The van der Waals surface area contributed by atoms with Crippen LogP contribution in [-0.4, -0.2) is 11.0 Å². The summed E-state index contributed by atoms with van der Waals surface area (Å²) in [7, 11) is 0. The van der Waals surface area contributed by atoms with Gasteiger partial charge in [0.1, 0.15) is 5.75 Å². The van der Waals surface area contributed by atoms with Crippen molar-refractivity contribution >= 4 is 28.9 Å². The van der Waals surface area contributed by atoms with Gasteiger partial charge in [-0.3, -0.25) is 4.79 Å². The van der Waals surface area contributed by atoms with Crippen molar-refractivity contribution in [2.45, 2.75) is 0 Å². The summed E-state index contributed by atoms with van der Waals surface area (Å²) in [4.78, 5) is 11.9. The Kier molecular flexibility index (Phi) is 3.57. The molecule has 4 N–H and O–H groups in total. The Hall–Kier alpha value is -2.27. The van der Waals surface area contributed by atoms with E-state index < -0.39 is 11.7 Å². The van der Waals surface area contributed by atoms with Gasteiger partial charge in [-0.1, -0.05) is 17.7 Å². The Morgan fingerprint density at radius 3 is 2.74 bits per heavy atom. The molecular weight excluding hydrogens is 271 g/mol. The molecule has 2 aromatic carbocycles. The number of hydrogen-bond acceptors (Lipinski definition) is 3. The van der Waals surface area contributed by atoms with Gasteiger partial charge in [0.2, 0.25) is 0 Å². The van der Waals surface area contributed by atoms with Crippen LogP contribution >= 0.6 is 11.6 Å². The average molecular weight is 281 g/mol. The van der Waals surface area contributed by atoms with Crippen LogP contribution in [0.1, 0.15) is 10.4 Å². The van der Waals surface area contributed by atoms with Gasteiger partial charge in [-0.15, -0.1) is 0 Å². The molecule has 0 bridgehead atoms. The van der Waals surface area contributed by atoms with Crippen molar-refractivity contribution in [3.05, 3.63) is 52.8 Å². The van der Waals surface area contributed by atoms with Gasteiger partial charge in [0.25, 0.3) is 5.91 Å². The first-order valence-electron chi connectivity index (χ1n) is 5.33. The fourth-order valence-corrected chi connectivity index (χ4v) is 1.71. The minimum Gasteiger partial charge on any atom is -0.508 e. The molecule has 0 radical (unpaired) electrons. The van der Waals surface area contributed by atoms with E-state index in [9.17, 15) is 14.3 Å². The van der Waals surface area contributed by atoms with Gasteiger partial charge < -0.3 is 16.2 Å². The number of hydrogen-bond donors (Lipinski definition) is 3. The number of carbonyl (C=O) groups is 1. The van der Waals surface area contributed by atoms with Crippen molar-refractivity contribution in [3.8, 4) is 5.75 Å². The largest absolute Gasteiger partial charge is 0.508 e. The van der Waals surface area contributed by atoms with E-state index in [1.165, 1.54) is 36.4 Å². The molecule has 0 aliphatic rings. The van der Waals surface area contributed by atoms with Gasteiger partial charge in [0.15, 0.2) is 5.82 Å². The Labute approximate surface area is 113 Å². The molecule has 0 saturated heterocycles. The van der Waals surface area contributed by atoms with Gasteiger partial charge in [0.05, 0.1) is 22.0 Å². The van der Waals surface area contributed by atoms with Crippen molar-refractivity contribution in [1.82, 2.24) is 0 Å². The first-order chi connectivity index (χ1) is 8.99. The highest BCUT2D eigenvalue weighted by Gasteiger charge is 2.15. The van der Waals surface area contributed by atoms with Gasteiger partial charge in [0, 0.05) is 6.07 Å². The summed E-state index contributed by atoms with van der Waals surface area (Å²) in [6.45, 7) is 0. The van der Waals surface area contributed by atoms with E-state index in [1.807, 2.05) is 0 Å². The number of amides is 1. The molecular formula is C13H10ClFN2O2. The van der Waals surface area contributed by atoms with Gasteiger partial charge in [-0.25, -0.2) is 4.39 Å². The normalized spacial score (nSPS) is 10.2. The Bertz CT molecular complexity index is 647. The standard InChI is InChI=1S/C13H10ClFN2O2/c14-9-3-1-2-8(12(9)15)13(19)17-11-5-4-7(18)6-10(11)16/h1-6,18H,16H2,(H,17,19). The summed E-state index contributed by atoms with van der Waals surface area (Å²) in [5.41, 5.74) is 5.90. The highest BCUT2D eigenvalue weighted by molar-refractivity contribution is 6.31. The molecule has 0 spiro atoms. The number of nitrogens with one attached hydrogen (secondary N) is 1. The predicted octanol–water partition coefficient (Wildman–Crippen LogP) is 3.02. The number of phenols is 1. The van der Waals surface area contributed by atoms with Crippen LogP contribution in [0.2, 0.25) is 5.02 Å². The number of anilines is 2. The van der Waals surface area contributed by atoms with Gasteiger partial charge >= 0.3 is 0 Å². The third-order valence-electron chi connectivity index (χ3n) is 2.48. The molecule has 0 atom stereocenters. The third kappa shape index (κ3) is 2.77. The monoisotopic (exact) mass is 280 g/mol. The van der Waals surface area contributed by atoms with E-state index in [1.54, 1.807) is 0 Å². The highest BCUT2D eigenvalue weighted by atomic mass is 35.5. The Balaban J connectivity index is 2.28. The molecule has 19 heavy (non-hydrogen) atoms. The lowest BCUT2D eigenvalue weighted by Crippen LogP contribution is -2.15. The lowest BCUT2D eigenvalue weighted by molar-refractivity contribution is 0.102. The molecule has 1 amide bonds. The van der Waals surface area contributed by atoms with Crippen molar-refractivity contribution in [2.24, 2.45) is 0 Å². The maximum atomic E-state index is 13.7. The SMILES string of the molecule is Nc1cc(O)ccc1NC(=O)c1cccc(Cl)c1F. The molecule has 0 aliphatic carbocycles. The van der Waals surface area contributed by atoms with Crippen LogP contribution in [-0.2, 0) is 0 Å². The maximum absolute atomic E-state index is 13.7. The summed E-state index contributed by atoms with van der Waals surface area (Å²) in [5.74, 6) is -1.49. The molecule has 2 rings (SSSR count). The number of nitrogens with two attached hydrogens (primary N) is 1. The molecule has 0 heterocycles. The highest BCUT2D eigenvalue weighted by Crippen LogP contribution is 2.25. The van der Waals surface area contributed by atoms with E-state index >= 15 is 0 Å². The summed E-state index contributed by atoms with van der Waals surface area (Å²) >= 11 is 5.60. The van der Waals surface area contributed by atoms with Crippen molar-refractivity contribution in [1.29, 1.82) is 0 Å². The molecule has 6 heteroatoms. The summed E-state index contributed by atoms with van der Waals surface area (Å²) in [6, 6.07) is 8.20. The molecule has 0 unspecified atom stereocenters.